The number of aromatic nitrogens is 1. The molecule has 2 saturated heterocycles. The summed E-state index contributed by atoms with van der Waals surface area (Å²) in [6.45, 7) is 8.72. The number of piperazine rings is 1. The van der Waals surface area contributed by atoms with Gasteiger partial charge in [-0.2, -0.15) is 0 Å². The van der Waals surface area contributed by atoms with E-state index in [1.54, 1.807) is 11.1 Å². The van der Waals surface area contributed by atoms with E-state index in [9.17, 15) is 9.59 Å². The van der Waals surface area contributed by atoms with Crippen molar-refractivity contribution in [1.29, 1.82) is 0 Å². The van der Waals surface area contributed by atoms with Gasteiger partial charge in [-0.05, 0) is 44.9 Å². The Kier molecular flexibility index (Phi) is 6.35. The molecule has 1 aromatic heterocycles. The first-order valence-corrected chi connectivity index (χ1v) is 11.3. The van der Waals surface area contributed by atoms with Gasteiger partial charge in [-0.1, -0.05) is 36.4 Å². The molecule has 2 aliphatic rings. The number of benzene rings is 1. The Balaban J connectivity index is 1.52. The molecule has 0 saturated carbocycles. The molecule has 2 atom stereocenters. The number of ether oxygens (including phenoxy) is 1. The van der Waals surface area contributed by atoms with Gasteiger partial charge in [0.2, 0.25) is 5.91 Å². The van der Waals surface area contributed by atoms with Crippen LogP contribution in [0.4, 0.5) is 10.6 Å². The smallest absolute Gasteiger partial charge is 0.410 e. The van der Waals surface area contributed by atoms with Crippen molar-refractivity contribution >= 4 is 17.8 Å². The zero-order chi connectivity index (χ0) is 22.7. The van der Waals surface area contributed by atoms with E-state index in [2.05, 4.69) is 9.88 Å². The van der Waals surface area contributed by atoms with Crippen molar-refractivity contribution in [3.8, 4) is 0 Å². The molecule has 170 valence electrons. The van der Waals surface area contributed by atoms with Crippen LogP contribution in [0.2, 0.25) is 0 Å². The van der Waals surface area contributed by atoms with Crippen LogP contribution >= 0.6 is 0 Å². The molecule has 0 radical (unpaired) electrons. The molecule has 32 heavy (non-hydrogen) atoms. The molecule has 0 bridgehead atoms. The van der Waals surface area contributed by atoms with Crippen LogP contribution < -0.4 is 4.90 Å². The van der Waals surface area contributed by atoms with Gasteiger partial charge in [-0.15, -0.1) is 0 Å². The number of anilines is 1. The highest BCUT2D eigenvalue weighted by Crippen LogP contribution is 2.36. The summed E-state index contributed by atoms with van der Waals surface area (Å²) in [5.74, 6) is 0.894. The zero-order valence-electron chi connectivity index (χ0n) is 19.1. The number of carbonyl (C=O) groups is 2. The standard InChI is InChI=1S/C25H32N4O3/c1-25(2,3)32-24(31)29-14-12-20(19-9-5-4-6-10-19)22(29)23(30)28-17-15-27(16-18-28)21-11-7-8-13-26-21/h4-11,13,20,22H,12,14-18H2,1-3H3/t20-,22?/m1/s1. The summed E-state index contributed by atoms with van der Waals surface area (Å²) in [5.41, 5.74) is 0.480. The summed E-state index contributed by atoms with van der Waals surface area (Å²) in [6.07, 6.45) is 2.11. The van der Waals surface area contributed by atoms with Crippen LogP contribution in [0.1, 0.15) is 38.7 Å². The number of hydrogen-bond acceptors (Lipinski definition) is 5. The maximum Gasteiger partial charge on any atom is 0.410 e. The lowest BCUT2D eigenvalue weighted by molar-refractivity contribution is -0.136. The van der Waals surface area contributed by atoms with Crippen molar-refractivity contribution in [3.63, 3.8) is 0 Å². The van der Waals surface area contributed by atoms with Crippen molar-refractivity contribution in [3.05, 3.63) is 60.3 Å². The first-order chi connectivity index (χ1) is 15.3. The van der Waals surface area contributed by atoms with E-state index in [1.807, 2.05) is 74.2 Å². The molecule has 3 heterocycles. The third kappa shape index (κ3) is 4.87. The van der Waals surface area contributed by atoms with Crippen LogP contribution in [-0.2, 0) is 9.53 Å². The van der Waals surface area contributed by atoms with E-state index in [-0.39, 0.29) is 11.8 Å². The lowest BCUT2D eigenvalue weighted by Gasteiger charge is -2.39. The van der Waals surface area contributed by atoms with Gasteiger partial charge in [0.15, 0.2) is 0 Å². The highest BCUT2D eigenvalue weighted by atomic mass is 16.6. The Labute approximate surface area is 190 Å². The van der Waals surface area contributed by atoms with Gasteiger partial charge in [0.05, 0.1) is 0 Å². The fourth-order valence-corrected chi connectivity index (χ4v) is 4.56. The Bertz CT molecular complexity index is 921. The second-order valence-electron chi connectivity index (χ2n) is 9.42. The first-order valence-electron chi connectivity index (χ1n) is 11.3. The Hall–Kier alpha value is -3.09. The van der Waals surface area contributed by atoms with Crippen LogP contribution in [0.15, 0.2) is 54.7 Å². The van der Waals surface area contributed by atoms with Gasteiger partial charge >= 0.3 is 6.09 Å². The highest BCUT2D eigenvalue weighted by Gasteiger charge is 2.46. The third-order valence-electron chi connectivity index (χ3n) is 6.07. The van der Waals surface area contributed by atoms with Crippen LogP contribution in [0.25, 0.3) is 0 Å². The molecule has 2 aliphatic heterocycles. The molecule has 1 aromatic carbocycles. The minimum Gasteiger partial charge on any atom is -0.444 e. The van der Waals surface area contributed by atoms with Crippen LogP contribution in [0.5, 0.6) is 0 Å². The van der Waals surface area contributed by atoms with E-state index in [0.717, 1.165) is 30.9 Å². The van der Waals surface area contributed by atoms with E-state index < -0.39 is 17.7 Å². The monoisotopic (exact) mass is 436 g/mol. The van der Waals surface area contributed by atoms with E-state index in [1.165, 1.54) is 0 Å². The SMILES string of the molecule is CC(C)(C)OC(=O)N1CC[C@H](c2ccccc2)C1C(=O)N1CCN(c2ccccn2)CC1. The van der Waals surface area contributed by atoms with Gasteiger partial charge in [-0.25, -0.2) is 9.78 Å². The maximum absolute atomic E-state index is 13.8. The number of likely N-dealkylation sites (tertiary alicyclic amines) is 1. The van der Waals surface area contributed by atoms with E-state index >= 15 is 0 Å². The lowest BCUT2D eigenvalue weighted by atomic mass is 9.91. The summed E-state index contributed by atoms with van der Waals surface area (Å²) in [7, 11) is 0. The average Bonchev–Trinajstić information content (AvgIpc) is 3.24. The third-order valence-corrected chi connectivity index (χ3v) is 6.07. The van der Waals surface area contributed by atoms with Crippen molar-refractivity contribution in [1.82, 2.24) is 14.8 Å². The topological polar surface area (TPSA) is 66.0 Å². The van der Waals surface area contributed by atoms with Gasteiger partial charge < -0.3 is 14.5 Å². The minimum absolute atomic E-state index is 0.00267. The van der Waals surface area contributed by atoms with E-state index in [4.69, 9.17) is 4.74 Å². The van der Waals surface area contributed by atoms with Gasteiger partial charge in [0.25, 0.3) is 0 Å². The van der Waals surface area contributed by atoms with E-state index in [0.29, 0.717) is 19.6 Å². The van der Waals surface area contributed by atoms with Crippen LogP contribution in [0.3, 0.4) is 0 Å². The van der Waals surface area contributed by atoms with Gasteiger partial charge in [-0.3, -0.25) is 9.69 Å². The molecule has 0 spiro atoms. The van der Waals surface area contributed by atoms with Crippen LogP contribution in [-0.4, -0.2) is 71.2 Å². The normalized spacial score (nSPS) is 21.5. The molecular formula is C25H32N4O3. The number of rotatable bonds is 3. The largest absolute Gasteiger partial charge is 0.444 e. The molecule has 0 aliphatic carbocycles. The van der Waals surface area contributed by atoms with Crippen LogP contribution in [0, 0.1) is 0 Å². The Morgan fingerprint density at radius 1 is 0.938 bits per heavy atom. The molecule has 2 aromatic rings. The number of amides is 2. The Morgan fingerprint density at radius 2 is 1.62 bits per heavy atom. The zero-order valence-corrected chi connectivity index (χ0v) is 19.1. The van der Waals surface area contributed by atoms with Gasteiger partial charge in [0.1, 0.15) is 17.5 Å². The number of hydrogen-bond donors (Lipinski definition) is 0. The Morgan fingerprint density at radius 3 is 2.25 bits per heavy atom. The maximum atomic E-state index is 13.8. The molecule has 2 amide bonds. The summed E-state index contributed by atoms with van der Waals surface area (Å²) in [5, 5.41) is 0. The second-order valence-corrected chi connectivity index (χ2v) is 9.42. The fourth-order valence-electron chi connectivity index (χ4n) is 4.56. The van der Waals surface area contributed by atoms with Crippen molar-refractivity contribution in [2.24, 2.45) is 0 Å². The lowest BCUT2D eigenvalue weighted by Crippen LogP contribution is -2.56. The number of nitrogens with zero attached hydrogens (tertiary/aromatic N) is 4. The minimum atomic E-state index is -0.607. The van der Waals surface area contributed by atoms with Gasteiger partial charge in [0, 0.05) is 44.8 Å². The predicted octanol–water partition coefficient (Wildman–Crippen LogP) is 3.52. The second kappa shape index (κ2) is 9.18. The fraction of sp³-hybridized carbons (Fsp3) is 0.480. The predicted molar refractivity (Wildman–Crippen MR) is 124 cm³/mol. The van der Waals surface area contributed by atoms with Crippen molar-refractivity contribution in [2.45, 2.75) is 44.8 Å². The summed E-state index contributed by atoms with van der Waals surface area (Å²) < 4.78 is 5.65. The molecular weight excluding hydrogens is 404 g/mol. The molecule has 7 heteroatoms. The average molecular weight is 437 g/mol. The number of carbonyl (C=O) groups excluding carboxylic acids is 2. The first kappa shape index (κ1) is 22.1. The quantitative estimate of drug-likeness (QED) is 0.737. The van der Waals surface area contributed by atoms with Crippen molar-refractivity contribution in [2.75, 3.05) is 37.6 Å². The molecule has 2 fully saturated rings. The molecule has 0 N–H and O–H groups in total. The van der Waals surface area contributed by atoms with Crippen molar-refractivity contribution < 1.29 is 14.3 Å². The molecule has 7 nitrogen and oxygen atoms in total. The number of pyridine rings is 1. The summed E-state index contributed by atoms with van der Waals surface area (Å²) in [6, 6.07) is 15.3. The highest BCUT2D eigenvalue weighted by molar-refractivity contribution is 5.88. The summed E-state index contributed by atoms with van der Waals surface area (Å²) in [4.78, 5) is 36.9. The molecule has 4 rings (SSSR count). The summed E-state index contributed by atoms with van der Waals surface area (Å²) >= 11 is 0. The molecule has 1 unspecified atom stereocenters.